The number of hydrogen-bond acceptors (Lipinski definition) is 5. The van der Waals surface area contributed by atoms with Crippen LogP contribution in [0.25, 0.3) is 0 Å². The van der Waals surface area contributed by atoms with Crippen LogP contribution in [-0.4, -0.2) is 34.5 Å². The van der Waals surface area contributed by atoms with Crippen LogP contribution in [0.15, 0.2) is 12.1 Å². The molecule has 0 atom stereocenters. The van der Waals surface area contributed by atoms with E-state index in [0.717, 1.165) is 5.56 Å². The molecule has 0 aliphatic carbocycles. The van der Waals surface area contributed by atoms with Crippen molar-refractivity contribution in [2.75, 3.05) is 34.5 Å². The highest BCUT2D eigenvalue weighted by molar-refractivity contribution is 7.81. The van der Waals surface area contributed by atoms with Gasteiger partial charge >= 0.3 is 0 Å². The molecule has 1 aliphatic rings. The van der Waals surface area contributed by atoms with Crippen LogP contribution in [0.1, 0.15) is 5.56 Å². The minimum absolute atomic E-state index is 0.344. The number of ether oxygens (including phenoxy) is 4. The second kappa shape index (κ2) is 4.66. The summed E-state index contributed by atoms with van der Waals surface area (Å²) in [5.74, 6) is 2.11. The molecule has 0 N–H and O–H groups in total. The van der Waals surface area contributed by atoms with E-state index in [1.54, 1.807) is 21.3 Å². The van der Waals surface area contributed by atoms with Gasteiger partial charge in [-0.25, -0.2) is 0 Å². The second-order valence-corrected chi connectivity index (χ2v) is 4.79. The zero-order valence-corrected chi connectivity index (χ0v) is 11.0. The maximum atomic E-state index is 5.39. The average Bonchev–Trinajstić information content (AvgIpc) is 2.34. The van der Waals surface area contributed by atoms with E-state index < -0.39 is 0 Å². The molecule has 1 saturated heterocycles. The summed E-state index contributed by atoms with van der Waals surface area (Å²) in [6.45, 7) is 1.10. The Bertz CT molecular complexity index is 390. The standard InChI is InChI=1S/C12H16O4S/c1-13-8-4-9(14-2)11(10(5-8)15-3)12(17)6-16-7-12/h4-5,17H,6-7H2,1-3H3. The average molecular weight is 256 g/mol. The first kappa shape index (κ1) is 12.4. The van der Waals surface area contributed by atoms with Crippen LogP contribution >= 0.6 is 12.6 Å². The first-order valence-electron chi connectivity index (χ1n) is 5.25. The highest BCUT2D eigenvalue weighted by atomic mass is 32.1. The van der Waals surface area contributed by atoms with Gasteiger partial charge in [0.1, 0.15) is 17.2 Å². The first-order chi connectivity index (χ1) is 8.14. The Morgan fingerprint density at radius 2 is 1.59 bits per heavy atom. The lowest BCUT2D eigenvalue weighted by atomic mass is 9.94. The van der Waals surface area contributed by atoms with Gasteiger partial charge in [0.2, 0.25) is 0 Å². The Morgan fingerprint density at radius 3 is 1.88 bits per heavy atom. The fourth-order valence-electron chi connectivity index (χ4n) is 1.90. The molecule has 0 saturated carbocycles. The Morgan fingerprint density at radius 1 is 1.06 bits per heavy atom. The van der Waals surface area contributed by atoms with Gasteiger partial charge in [-0.05, 0) is 0 Å². The van der Waals surface area contributed by atoms with Crippen molar-refractivity contribution in [3.8, 4) is 17.2 Å². The van der Waals surface area contributed by atoms with Crippen LogP contribution in [0.5, 0.6) is 17.2 Å². The van der Waals surface area contributed by atoms with E-state index in [1.165, 1.54) is 0 Å². The summed E-state index contributed by atoms with van der Waals surface area (Å²) in [5.41, 5.74) is 0.915. The highest BCUT2D eigenvalue weighted by Crippen LogP contribution is 2.47. The molecule has 5 heteroatoms. The number of rotatable bonds is 4. The Hall–Kier alpha value is -1.07. The van der Waals surface area contributed by atoms with Gasteiger partial charge in [0.05, 0.1) is 44.9 Å². The van der Waals surface area contributed by atoms with Crippen LogP contribution in [-0.2, 0) is 9.48 Å². The third kappa shape index (κ3) is 2.05. The SMILES string of the molecule is COc1cc(OC)c(C2(S)COC2)c(OC)c1. The van der Waals surface area contributed by atoms with Crippen molar-refractivity contribution >= 4 is 12.6 Å². The van der Waals surface area contributed by atoms with Gasteiger partial charge in [0.15, 0.2) is 0 Å². The maximum absolute atomic E-state index is 5.39. The lowest BCUT2D eigenvalue weighted by molar-refractivity contribution is -0.0116. The molecule has 17 heavy (non-hydrogen) atoms. The van der Waals surface area contributed by atoms with E-state index in [-0.39, 0.29) is 4.75 Å². The summed E-state index contributed by atoms with van der Waals surface area (Å²) in [6, 6.07) is 3.66. The predicted molar refractivity (Wildman–Crippen MR) is 67.6 cm³/mol. The molecule has 1 aliphatic heterocycles. The van der Waals surface area contributed by atoms with Crippen molar-refractivity contribution in [1.82, 2.24) is 0 Å². The third-order valence-electron chi connectivity index (χ3n) is 2.86. The summed E-state index contributed by atoms with van der Waals surface area (Å²) in [7, 11) is 4.85. The molecule has 0 unspecified atom stereocenters. The van der Waals surface area contributed by atoms with Crippen LogP contribution in [0.3, 0.4) is 0 Å². The molecule has 0 spiro atoms. The molecule has 1 aromatic carbocycles. The van der Waals surface area contributed by atoms with Crippen molar-refractivity contribution in [2.45, 2.75) is 4.75 Å². The van der Waals surface area contributed by atoms with E-state index in [0.29, 0.717) is 30.5 Å². The molecular formula is C12H16O4S. The third-order valence-corrected chi connectivity index (χ3v) is 3.34. The van der Waals surface area contributed by atoms with Gasteiger partial charge in [-0.1, -0.05) is 0 Å². The summed E-state index contributed by atoms with van der Waals surface area (Å²) < 4.78 is 20.9. The van der Waals surface area contributed by atoms with Crippen molar-refractivity contribution in [2.24, 2.45) is 0 Å². The lowest BCUT2D eigenvalue weighted by Gasteiger charge is -2.38. The van der Waals surface area contributed by atoms with Gasteiger partial charge < -0.3 is 18.9 Å². The molecule has 94 valence electrons. The van der Waals surface area contributed by atoms with E-state index in [2.05, 4.69) is 12.6 Å². The molecule has 0 bridgehead atoms. The van der Waals surface area contributed by atoms with E-state index in [1.807, 2.05) is 12.1 Å². The van der Waals surface area contributed by atoms with Gasteiger partial charge in [-0.2, -0.15) is 12.6 Å². The Kier molecular flexibility index (Phi) is 3.40. The van der Waals surface area contributed by atoms with Crippen molar-refractivity contribution < 1.29 is 18.9 Å². The summed E-state index contributed by atoms with van der Waals surface area (Å²) in [4.78, 5) is 0. The minimum Gasteiger partial charge on any atom is -0.496 e. The molecule has 1 aromatic rings. The second-order valence-electron chi connectivity index (χ2n) is 3.93. The monoisotopic (exact) mass is 256 g/mol. The molecule has 2 rings (SSSR count). The summed E-state index contributed by atoms with van der Waals surface area (Å²) in [6.07, 6.45) is 0. The zero-order chi connectivity index (χ0) is 12.5. The number of benzene rings is 1. The van der Waals surface area contributed by atoms with Crippen molar-refractivity contribution in [3.63, 3.8) is 0 Å². The molecule has 0 amide bonds. The van der Waals surface area contributed by atoms with E-state index in [4.69, 9.17) is 18.9 Å². The number of thiol groups is 1. The maximum Gasteiger partial charge on any atom is 0.131 e. The van der Waals surface area contributed by atoms with Gasteiger partial charge in [0.25, 0.3) is 0 Å². The largest absolute Gasteiger partial charge is 0.496 e. The van der Waals surface area contributed by atoms with E-state index >= 15 is 0 Å². The summed E-state index contributed by atoms with van der Waals surface area (Å²) >= 11 is 4.65. The molecule has 4 nitrogen and oxygen atoms in total. The van der Waals surface area contributed by atoms with Crippen LogP contribution in [0.4, 0.5) is 0 Å². The van der Waals surface area contributed by atoms with Crippen molar-refractivity contribution in [1.29, 1.82) is 0 Å². The molecule has 1 heterocycles. The smallest absolute Gasteiger partial charge is 0.131 e. The highest BCUT2D eigenvalue weighted by Gasteiger charge is 2.41. The van der Waals surface area contributed by atoms with E-state index in [9.17, 15) is 0 Å². The lowest BCUT2D eigenvalue weighted by Crippen LogP contribution is -2.42. The quantitative estimate of drug-likeness (QED) is 0.834. The zero-order valence-electron chi connectivity index (χ0n) is 10.1. The minimum atomic E-state index is -0.344. The summed E-state index contributed by atoms with van der Waals surface area (Å²) in [5, 5.41) is 0. The molecular weight excluding hydrogens is 240 g/mol. The van der Waals surface area contributed by atoms with Crippen molar-refractivity contribution in [3.05, 3.63) is 17.7 Å². The van der Waals surface area contributed by atoms with Crippen LogP contribution in [0.2, 0.25) is 0 Å². The fraction of sp³-hybridized carbons (Fsp3) is 0.500. The number of hydrogen-bond donors (Lipinski definition) is 1. The predicted octanol–water partition coefficient (Wildman–Crippen LogP) is 1.87. The van der Waals surface area contributed by atoms with Gasteiger partial charge in [-0.15, -0.1) is 0 Å². The molecule has 0 radical (unpaired) electrons. The number of methoxy groups -OCH3 is 3. The van der Waals surface area contributed by atoms with Crippen LogP contribution in [0, 0.1) is 0 Å². The Labute approximate surface area is 106 Å². The normalized spacial score (nSPS) is 17.2. The molecule has 0 aromatic heterocycles. The van der Waals surface area contributed by atoms with Gasteiger partial charge in [-0.3, -0.25) is 0 Å². The molecule has 1 fully saturated rings. The van der Waals surface area contributed by atoms with Gasteiger partial charge in [0, 0.05) is 12.1 Å². The Balaban J connectivity index is 2.54. The first-order valence-corrected chi connectivity index (χ1v) is 5.70. The van der Waals surface area contributed by atoms with Crippen LogP contribution < -0.4 is 14.2 Å². The fourth-order valence-corrected chi connectivity index (χ4v) is 2.31. The topological polar surface area (TPSA) is 36.9 Å².